The summed E-state index contributed by atoms with van der Waals surface area (Å²) in [6.07, 6.45) is 2.78. The topological polar surface area (TPSA) is 49.4 Å². The molecule has 1 saturated heterocycles. The van der Waals surface area contributed by atoms with Gasteiger partial charge in [-0.1, -0.05) is 18.0 Å². The van der Waals surface area contributed by atoms with Crippen LogP contribution < -0.4 is 4.72 Å². The molecule has 0 atom stereocenters. The summed E-state index contributed by atoms with van der Waals surface area (Å²) in [5.41, 5.74) is 0.270. The normalized spacial score (nSPS) is 17.7. The van der Waals surface area contributed by atoms with Gasteiger partial charge in [0.25, 0.3) is 0 Å². The minimum absolute atomic E-state index is 0.103. The first kappa shape index (κ1) is 13.6. The molecule has 0 radical (unpaired) electrons. The Labute approximate surface area is 111 Å². The molecule has 0 aliphatic carbocycles. The van der Waals surface area contributed by atoms with Gasteiger partial charge in [-0.05, 0) is 31.0 Å². The lowest BCUT2D eigenvalue weighted by molar-refractivity contribution is 0.349. The number of hydrogen-bond donors (Lipinski definition) is 1. The quantitative estimate of drug-likeness (QED) is 0.931. The van der Waals surface area contributed by atoms with Gasteiger partial charge in [0, 0.05) is 13.1 Å². The molecule has 1 aromatic carbocycles. The standard InChI is InChI=1S/C11H14ClFN2O2S/c12-10-8-9(4-5-11(10)13)14-18(16,17)15-6-2-1-3-7-15/h4-5,8,14H,1-3,6-7H2. The molecule has 7 heteroatoms. The van der Waals surface area contributed by atoms with Gasteiger partial charge in [0.1, 0.15) is 5.82 Å². The van der Waals surface area contributed by atoms with Gasteiger partial charge in [-0.2, -0.15) is 12.7 Å². The molecule has 0 unspecified atom stereocenters. The molecule has 2 rings (SSSR count). The van der Waals surface area contributed by atoms with E-state index in [-0.39, 0.29) is 10.7 Å². The van der Waals surface area contributed by atoms with Gasteiger partial charge in [0.2, 0.25) is 0 Å². The van der Waals surface area contributed by atoms with Crippen molar-refractivity contribution >= 4 is 27.5 Å². The van der Waals surface area contributed by atoms with Crippen molar-refractivity contribution in [2.45, 2.75) is 19.3 Å². The lowest BCUT2D eigenvalue weighted by Crippen LogP contribution is -2.39. The fourth-order valence-corrected chi connectivity index (χ4v) is 3.35. The minimum atomic E-state index is -3.56. The van der Waals surface area contributed by atoms with E-state index >= 15 is 0 Å². The average Bonchev–Trinajstić information content (AvgIpc) is 2.35. The van der Waals surface area contributed by atoms with Gasteiger partial charge in [-0.25, -0.2) is 4.39 Å². The van der Waals surface area contributed by atoms with Crippen LogP contribution in [-0.4, -0.2) is 25.8 Å². The molecule has 1 aliphatic rings. The SMILES string of the molecule is O=S(=O)(Nc1ccc(F)c(Cl)c1)N1CCCCC1. The van der Waals surface area contributed by atoms with E-state index in [1.54, 1.807) is 0 Å². The highest BCUT2D eigenvalue weighted by molar-refractivity contribution is 7.90. The van der Waals surface area contributed by atoms with Crippen LogP contribution in [0.25, 0.3) is 0 Å². The highest BCUT2D eigenvalue weighted by Crippen LogP contribution is 2.21. The Bertz CT molecular complexity index is 530. The summed E-state index contributed by atoms with van der Waals surface area (Å²) in [5.74, 6) is -0.572. The summed E-state index contributed by atoms with van der Waals surface area (Å²) in [5, 5.41) is -0.103. The Kier molecular flexibility index (Phi) is 4.09. The van der Waals surface area contributed by atoms with E-state index in [0.29, 0.717) is 13.1 Å². The van der Waals surface area contributed by atoms with Crippen LogP contribution in [0.4, 0.5) is 10.1 Å². The van der Waals surface area contributed by atoms with E-state index in [0.717, 1.165) is 25.3 Å². The van der Waals surface area contributed by atoms with Crippen LogP contribution in [0.3, 0.4) is 0 Å². The molecule has 1 heterocycles. The summed E-state index contributed by atoms with van der Waals surface area (Å²) < 4.78 is 40.8. The first-order chi connectivity index (χ1) is 8.49. The first-order valence-corrected chi connectivity index (χ1v) is 7.54. The molecule has 1 N–H and O–H groups in total. The zero-order valence-electron chi connectivity index (χ0n) is 9.70. The van der Waals surface area contributed by atoms with Crippen molar-refractivity contribution in [1.29, 1.82) is 0 Å². The summed E-state index contributed by atoms with van der Waals surface area (Å²) in [6.45, 7) is 1.04. The van der Waals surface area contributed by atoms with Crippen molar-refractivity contribution in [1.82, 2.24) is 4.31 Å². The van der Waals surface area contributed by atoms with E-state index in [9.17, 15) is 12.8 Å². The molecule has 0 amide bonds. The van der Waals surface area contributed by atoms with Gasteiger partial charge in [-0.15, -0.1) is 0 Å². The van der Waals surface area contributed by atoms with Crippen LogP contribution in [0, 0.1) is 5.82 Å². The van der Waals surface area contributed by atoms with Gasteiger partial charge in [0.15, 0.2) is 0 Å². The predicted octanol–water partition coefficient (Wildman–Crippen LogP) is 2.62. The second-order valence-electron chi connectivity index (χ2n) is 4.20. The fraction of sp³-hybridized carbons (Fsp3) is 0.455. The number of nitrogens with zero attached hydrogens (tertiary/aromatic N) is 1. The van der Waals surface area contributed by atoms with E-state index in [4.69, 9.17) is 11.6 Å². The smallest absolute Gasteiger partial charge is 0.271 e. The summed E-state index contributed by atoms with van der Waals surface area (Å²) in [6, 6.07) is 3.75. The largest absolute Gasteiger partial charge is 0.301 e. The van der Waals surface area contributed by atoms with Crippen molar-refractivity contribution in [3.05, 3.63) is 29.0 Å². The van der Waals surface area contributed by atoms with E-state index in [1.165, 1.54) is 16.4 Å². The molecule has 0 spiro atoms. The molecule has 4 nitrogen and oxygen atoms in total. The molecule has 100 valence electrons. The highest BCUT2D eigenvalue weighted by atomic mass is 35.5. The lowest BCUT2D eigenvalue weighted by Gasteiger charge is -2.26. The second-order valence-corrected chi connectivity index (χ2v) is 6.27. The van der Waals surface area contributed by atoms with Crippen LogP contribution in [0.15, 0.2) is 18.2 Å². The van der Waals surface area contributed by atoms with Crippen molar-refractivity contribution < 1.29 is 12.8 Å². The van der Waals surface area contributed by atoms with Crippen molar-refractivity contribution in [3.63, 3.8) is 0 Å². The summed E-state index contributed by atoms with van der Waals surface area (Å²) >= 11 is 5.61. The highest BCUT2D eigenvalue weighted by Gasteiger charge is 2.23. The molecular formula is C11H14ClFN2O2S. The number of nitrogens with one attached hydrogen (secondary N) is 1. The van der Waals surface area contributed by atoms with Crippen molar-refractivity contribution in [2.75, 3.05) is 17.8 Å². The second kappa shape index (κ2) is 5.42. The van der Waals surface area contributed by atoms with E-state index in [2.05, 4.69) is 4.72 Å². The third-order valence-electron chi connectivity index (χ3n) is 2.82. The maximum absolute atomic E-state index is 13.0. The molecule has 1 aliphatic heterocycles. The molecule has 1 aromatic rings. The molecular weight excluding hydrogens is 279 g/mol. The van der Waals surface area contributed by atoms with Crippen LogP contribution in [0.5, 0.6) is 0 Å². The van der Waals surface area contributed by atoms with Crippen LogP contribution >= 0.6 is 11.6 Å². The summed E-state index contributed by atoms with van der Waals surface area (Å²) in [4.78, 5) is 0. The maximum atomic E-state index is 13.0. The number of halogens is 2. The Morgan fingerprint density at radius 3 is 2.50 bits per heavy atom. The fourth-order valence-electron chi connectivity index (χ4n) is 1.88. The number of hydrogen-bond acceptors (Lipinski definition) is 2. The van der Waals surface area contributed by atoms with Crippen LogP contribution in [0.2, 0.25) is 5.02 Å². The van der Waals surface area contributed by atoms with Gasteiger partial charge < -0.3 is 0 Å². The predicted molar refractivity (Wildman–Crippen MR) is 69.4 cm³/mol. The van der Waals surface area contributed by atoms with Crippen molar-refractivity contribution in [2.24, 2.45) is 0 Å². The molecule has 18 heavy (non-hydrogen) atoms. The van der Waals surface area contributed by atoms with Crippen LogP contribution in [0.1, 0.15) is 19.3 Å². The number of piperidine rings is 1. The van der Waals surface area contributed by atoms with E-state index in [1.807, 2.05) is 0 Å². The van der Waals surface area contributed by atoms with Crippen LogP contribution in [-0.2, 0) is 10.2 Å². The van der Waals surface area contributed by atoms with E-state index < -0.39 is 16.0 Å². The average molecular weight is 293 g/mol. The molecule has 1 fully saturated rings. The monoisotopic (exact) mass is 292 g/mol. The number of rotatable bonds is 3. The van der Waals surface area contributed by atoms with Crippen molar-refractivity contribution in [3.8, 4) is 0 Å². The Hall–Kier alpha value is -0.850. The Balaban J connectivity index is 2.13. The Morgan fingerprint density at radius 1 is 1.22 bits per heavy atom. The molecule has 0 bridgehead atoms. The first-order valence-electron chi connectivity index (χ1n) is 5.72. The van der Waals surface area contributed by atoms with Gasteiger partial charge in [-0.3, -0.25) is 4.72 Å². The zero-order valence-corrected chi connectivity index (χ0v) is 11.3. The third-order valence-corrected chi connectivity index (χ3v) is 4.65. The third kappa shape index (κ3) is 3.13. The molecule has 0 aromatic heterocycles. The zero-order chi connectivity index (χ0) is 13.2. The Morgan fingerprint density at radius 2 is 1.89 bits per heavy atom. The minimum Gasteiger partial charge on any atom is -0.271 e. The summed E-state index contributed by atoms with van der Waals surface area (Å²) in [7, 11) is -3.56. The van der Waals surface area contributed by atoms with Gasteiger partial charge >= 0.3 is 10.2 Å². The number of benzene rings is 1. The lowest BCUT2D eigenvalue weighted by atomic mass is 10.2. The maximum Gasteiger partial charge on any atom is 0.301 e. The molecule has 0 saturated carbocycles. The van der Waals surface area contributed by atoms with Gasteiger partial charge in [0.05, 0.1) is 10.7 Å². The number of anilines is 1.